The summed E-state index contributed by atoms with van der Waals surface area (Å²) in [5, 5.41) is 9.36. The summed E-state index contributed by atoms with van der Waals surface area (Å²) < 4.78 is 57.5. The zero-order valence-electron chi connectivity index (χ0n) is 23.1. The highest BCUT2D eigenvalue weighted by atomic mass is 35.5. The Hall–Kier alpha value is -3.97. The van der Waals surface area contributed by atoms with E-state index in [1.54, 1.807) is 41.8 Å². The minimum absolute atomic E-state index is 0.152. The van der Waals surface area contributed by atoms with Crippen LogP contribution in [0.2, 0.25) is 5.02 Å². The number of nitrogens with zero attached hydrogens (tertiary/aromatic N) is 3. The Bertz CT molecular complexity index is 1920. The summed E-state index contributed by atoms with van der Waals surface area (Å²) in [6.07, 6.45) is 1.72. The van der Waals surface area contributed by atoms with Crippen molar-refractivity contribution in [2.45, 2.75) is 33.4 Å². The first-order chi connectivity index (χ1) is 20.7. The fraction of sp³-hybridized carbons (Fsp3) is 0.200. The lowest BCUT2D eigenvalue weighted by Gasteiger charge is -2.12. The van der Waals surface area contributed by atoms with Crippen molar-refractivity contribution in [2.75, 3.05) is 5.32 Å². The molecule has 8 nitrogen and oxygen atoms in total. The Kier molecular flexibility index (Phi) is 9.61. The fourth-order valence-corrected chi connectivity index (χ4v) is 5.88. The summed E-state index contributed by atoms with van der Waals surface area (Å²) in [6.45, 7) is 4.22. The predicted octanol–water partition coefficient (Wildman–Crippen LogP) is 7.15. The zero-order valence-corrected chi connectivity index (χ0v) is 25.5. The quantitative estimate of drug-likeness (QED) is 0.155. The smallest absolute Gasteiger partial charge is 0.228 e. The molecule has 43 heavy (non-hydrogen) atoms. The van der Waals surface area contributed by atoms with Gasteiger partial charge in [-0.05, 0) is 54.3 Å². The topological polar surface area (TPSA) is 106 Å². The van der Waals surface area contributed by atoms with Crippen molar-refractivity contribution >= 4 is 60.6 Å². The molecule has 0 aliphatic rings. The number of thiazole rings is 1. The second-order valence-electron chi connectivity index (χ2n) is 10.00. The molecule has 0 atom stereocenters. The van der Waals surface area contributed by atoms with Gasteiger partial charge in [0.15, 0.2) is 0 Å². The highest BCUT2D eigenvalue weighted by Gasteiger charge is 2.16. The molecule has 0 unspecified atom stereocenters. The first kappa shape index (κ1) is 30.5. The maximum Gasteiger partial charge on any atom is 0.228 e. The van der Waals surface area contributed by atoms with Crippen molar-refractivity contribution in [1.29, 1.82) is 0 Å². The number of benzene rings is 3. The van der Waals surface area contributed by atoms with Crippen molar-refractivity contribution in [2.24, 2.45) is 5.92 Å². The highest BCUT2D eigenvalue weighted by Crippen LogP contribution is 2.34. The molecule has 0 amide bonds. The molecule has 5 rings (SSSR count). The molecular weight excluding hydrogens is 616 g/mol. The van der Waals surface area contributed by atoms with Crippen molar-refractivity contribution in [3.63, 3.8) is 0 Å². The number of rotatable bonds is 10. The Balaban J connectivity index is 1.35. The molecule has 13 heteroatoms. The van der Waals surface area contributed by atoms with Gasteiger partial charge in [-0.2, -0.15) is 8.42 Å². The number of hydrogen-bond donors (Lipinski definition) is 2. The lowest BCUT2D eigenvalue weighted by atomic mass is 10.1. The Labute approximate surface area is 257 Å². The fourth-order valence-electron chi connectivity index (χ4n) is 4.25. The summed E-state index contributed by atoms with van der Waals surface area (Å²) in [4.78, 5) is 13.3. The van der Waals surface area contributed by atoms with Gasteiger partial charge in [-0.3, -0.25) is 5.32 Å². The van der Waals surface area contributed by atoms with E-state index in [2.05, 4.69) is 25.6 Å². The molecule has 2 aromatic heterocycles. The van der Waals surface area contributed by atoms with Crippen LogP contribution in [0.4, 0.5) is 20.3 Å². The van der Waals surface area contributed by atoms with E-state index in [0.717, 1.165) is 0 Å². The third-order valence-corrected chi connectivity index (χ3v) is 8.12. The van der Waals surface area contributed by atoms with E-state index >= 15 is 4.39 Å². The van der Waals surface area contributed by atoms with Crippen LogP contribution in [0.25, 0.3) is 22.2 Å². The third-order valence-electron chi connectivity index (χ3n) is 6.26. The summed E-state index contributed by atoms with van der Waals surface area (Å²) in [5.41, 5.74) is 2.34. The van der Waals surface area contributed by atoms with Gasteiger partial charge in [0.25, 0.3) is 0 Å². The molecular formula is C30H26ClF2N5O3S2. The average molecular weight is 642 g/mol. The van der Waals surface area contributed by atoms with Crippen molar-refractivity contribution in [1.82, 2.24) is 20.3 Å². The molecule has 2 heterocycles. The van der Waals surface area contributed by atoms with E-state index < -0.39 is 16.1 Å². The lowest BCUT2D eigenvalue weighted by molar-refractivity contribution is 0.306. The minimum atomic E-state index is -2.36. The summed E-state index contributed by atoms with van der Waals surface area (Å²) in [5.74, 6) is 0.176. The van der Waals surface area contributed by atoms with Crippen molar-refractivity contribution in [3.8, 4) is 17.0 Å². The Morgan fingerprint density at radius 3 is 2.67 bits per heavy atom. The molecule has 0 radical (unpaired) electrons. The first-order valence-electron chi connectivity index (χ1n) is 13.2. The van der Waals surface area contributed by atoms with Crippen LogP contribution in [0.3, 0.4) is 0 Å². The highest BCUT2D eigenvalue weighted by molar-refractivity contribution is 7.72. The van der Waals surface area contributed by atoms with Gasteiger partial charge >= 0.3 is 0 Å². The van der Waals surface area contributed by atoms with Crippen LogP contribution in [0.5, 0.6) is 5.75 Å². The van der Waals surface area contributed by atoms with E-state index in [1.165, 1.54) is 35.9 Å². The molecule has 0 spiro atoms. The SMILES string of the molecule is CC(C)CC(NCc1nc(-c2cc3c(Nc4ccc(OCc5cccc(F)c5)c(Cl)c4)ncnc3cc2F)cs1)=S(=O)=O. The normalized spacial score (nSPS) is 11.2. The molecule has 0 saturated heterocycles. The maximum atomic E-state index is 15.2. The van der Waals surface area contributed by atoms with Gasteiger partial charge in [0.2, 0.25) is 10.3 Å². The predicted molar refractivity (Wildman–Crippen MR) is 166 cm³/mol. The second kappa shape index (κ2) is 13.6. The van der Waals surface area contributed by atoms with E-state index in [4.69, 9.17) is 16.3 Å². The Morgan fingerprint density at radius 2 is 1.93 bits per heavy atom. The van der Waals surface area contributed by atoms with Gasteiger partial charge in [-0.15, -0.1) is 11.3 Å². The largest absolute Gasteiger partial charge is 0.487 e. The van der Waals surface area contributed by atoms with Crippen LogP contribution in [-0.2, 0) is 23.4 Å². The molecule has 0 aliphatic carbocycles. The van der Waals surface area contributed by atoms with E-state index in [1.807, 2.05) is 13.8 Å². The monoisotopic (exact) mass is 641 g/mol. The summed E-state index contributed by atoms with van der Waals surface area (Å²) in [7, 11) is -2.36. The number of fused-ring (bicyclic) bond motifs is 1. The number of halogens is 3. The summed E-state index contributed by atoms with van der Waals surface area (Å²) in [6, 6.07) is 14.2. The van der Waals surface area contributed by atoms with Crippen molar-refractivity contribution < 1.29 is 21.9 Å². The van der Waals surface area contributed by atoms with Gasteiger partial charge in [0.1, 0.15) is 46.1 Å². The molecule has 0 fully saturated rings. The van der Waals surface area contributed by atoms with E-state index in [-0.39, 0.29) is 35.4 Å². The average Bonchev–Trinajstić information content (AvgIpc) is 3.43. The second-order valence-corrected chi connectivity index (χ2v) is 12.3. The van der Waals surface area contributed by atoms with Crippen LogP contribution < -0.4 is 15.4 Å². The van der Waals surface area contributed by atoms with Gasteiger partial charge in [-0.1, -0.05) is 37.6 Å². The van der Waals surface area contributed by atoms with Gasteiger partial charge in [-0.25, -0.2) is 23.7 Å². The summed E-state index contributed by atoms with van der Waals surface area (Å²) >= 11 is 7.75. The number of anilines is 2. The molecule has 0 saturated carbocycles. The van der Waals surface area contributed by atoms with Gasteiger partial charge < -0.3 is 10.1 Å². The molecule has 2 N–H and O–H groups in total. The first-order valence-corrected chi connectivity index (χ1v) is 15.5. The maximum absolute atomic E-state index is 15.2. The third kappa shape index (κ3) is 7.71. The standard InChI is InChI=1S/C30H26ClF2N5O3S2/c1-17(2)8-29(43(39)40)34-13-28-38-26(15-42-28)21-11-22-25(12-24(21)33)35-16-36-30(22)37-20-6-7-27(23(31)10-20)41-14-18-4-3-5-19(32)9-18/h3-7,9-12,15-17,34H,8,13-14H2,1-2H3,(H,35,36,37). The van der Waals surface area contributed by atoms with Crippen LogP contribution in [-0.4, -0.2) is 28.4 Å². The van der Waals surface area contributed by atoms with E-state index in [0.29, 0.717) is 55.9 Å². The molecule has 0 aliphatic heterocycles. The number of hydrogen-bond acceptors (Lipinski definition) is 8. The van der Waals surface area contributed by atoms with Crippen LogP contribution in [0, 0.1) is 17.6 Å². The Morgan fingerprint density at radius 1 is 1.09 bits per heavy atom. The van der Waals surface area contributed by atoms with Crippen LogP contribution >= 0.6 is 22.9 Å². The van der Waals surface area contributed by atoms with Gasteiger partial charge in [0.05, 0.1) is 22.8 Å². The van der Waals surface area contributed by atoms with Crippen molar-refractivity contribution in [3.05, 3.63) is 93.5 Å². The van der Waals surface area contributed by atoms with E-state index in [9.17, 15) is 12.8 Å². The minimum Gasteiger partial charge on any atom is -0.487 e. The number of ether oxygens (including phenoxy) is 1. The molecule has 222 valence electrons. The molecule has 0 bridgehead atoms. The van der Waals surface area contributed by atoms with Crippen LogP contribution in [0.15, 0.2) is 66.3 Å². The zero-order chi connectivity index (χ0) is 30.5. The van der Waals surface area contributed by atoms with Crippen LogP contribution in [0.1, 0.15) is 30.8 Å². The lowest BCUT2D eigenvalue weighted by Crippen LogP contribution is -2.25. The molecule has 5 aromatic rings. The number of aromatic nitrogens is 3. The molecule has 3 aromatic carbocycles. The number of nitrogens with one attached hydrogen (secondary N) is 2. The van der Waals surface area contributed by atoms with Gasteiger partial charge in [0, 0.05) is 28.1 Å².